The molecule has 1 heterocycles. The molecule has 0 aliphatic heterocycles. The zero-order valence-electron chi connectivity index (χ0n) is 16.6. The van der Waals surface area contributed by atoms with Crippen molar-refractivity contribution in [3.8, 4) is 11.4 Å². The van der Waals surface area contributed by atoms with E-state index in [0.717, 1.165) is 22.9 Å². The lowest BCUT2D eigenvalue weighted by molar-refractivity contribution is 0.411. The van der Waals surface area contributed by atoms with Gasteiger partial charge >= 0.3 is 0 Å². The molecule has 0 N–H and O–H groups in total. The standard InChI is InChI=1S/C21H25ClN4O/c1-14-20(25(5)17-10-7-15(8-11-17)21(2,3)4)23-24-26(14)18-13-16(22)9-12-19(18)27-6/h7-13H,1-6H3. The minimum Gasteiger partial charge on any atom is -0.494 e. The first-order valence-electron chi connectivity index (χ1n) is 8.83. The summed E-state index contributed by atoms with van der Waals surface area (Å²) in [6.07, 6.45) is 0. The number of anilines is 2. The van der Waals surface area contributed by atoms with Crippen molar-refractivity contribution >= 4 is 23.1 Å². The van der Waals surface area contributed by atoms with Crippen LogP contribution in [0, 0.1) is 6.92 Å². The average molecular weight is 385 g/mol. The number of hydrogen-bond donors (Lipinski definition) is 0. The Balaban J connectivity index is 1.97. The Morgan fingerprint density at radius 3 is 2.33 bits per heavy atom. The van der Waals surface area contributed by atoms with Crippen molar-refractivity contribution in [1.29, 1.82) is 0 Å². The molecule has 0 aliphatic carbocycles. The van der Waals surface area contributed by atoms with Gasteiger partial charge in [0.1, 0.15) is 11.4 Å². The first-order valence-corrected chi connectivity index (χ1v) is 9.20. The maximum Gasteiger partial charge on any atom is 0.178 e. The second-order valence-corrected chi connectivity index (χ2v) is 8.02. The number of aromatic nitrogens is 3. The van der Waals surface area contributed by atoms with E-state index in [2.05, 4.69) is 55.3 Å². The summed E-state index contributed by atoms with van der Waals surface area (Å²) in [6.45, 7) is 8.61. The summed E-state index contributed by atoms with van der Waals surface area (Å²) in [5.41, 5.74) is 4.13. The highest BCUT2D eigenvalue weighted by atomic mass is 35.5. The first-order chi connectivity index (χ1) is 12.7. The normalized spacial score (nSPS) is 11.5. The highest BCUT2D eigenvalue weighted by Gasteiger charge is 2.19. The van der Waals surface area contributed by atoms with Crippen LogP contribution in [0.4, 0.5) is 11.5 Å². The molecule has 142 valence electrons. The number of methoxy groups -OCH3 is 1. The summed E-state index contributed by atoms with van der Waals surface area (Å²) < 4.78 is 7.20. The molecular weight excluding hydrogens is 360 g/mol. The van der Waals surface area contributed by atoms with Crippen LogP contribution in [0.15, 0.2) is 42.5 Å². The van der Waals surface area contributed by atoms with Crippen LogP contribution < -0.4 is 9.64 Å². The number of benzene rings is 2. The number of ether oxygens (including phenoxy) is 1. The summed E-state index contributed by atoms with van der Waals surface area (Å²) >= 11 is 6.17. The number of rotatable bonds is 4. The van der Waals surface area contributed by atoms with Crippen molar-refractivity contribution in [2.45, 2.75) is 33.1 Å². The molecule has 0 atom stereocenters. The van der Waals surface area contributed by atoms with Crippen LogP contribution in [-0.2, 0) is 5.41 Å². The molecule has 0 bridgehead atoms. The van der Waals surface area contributed by atoms with Crippen LogP contribution in [0.1, 0.15) is 32.0 Å². The summed E-state index contributed by atoms with van der Waals surface area (Å²) in [6, 6.07) is 14.0. The summed E-state index contributed by atoms with van der Waals surface area (Å²) in [4.78, 5) is 2.03. The molecule has 0 fully saturated rings. The van der Waals surface area contributed by atoms with Crippen molar-refractivity contribution in [3.63, 3.8) is 0 Å². The van der Waals surface area contributed by atoms with Crippen molar-refractivity contribution in [2.75, 3.05) is 19.1 Å². The van der Waals surface area contributed by atoms with Gasteiger partial charge in [0.25, 0.3) is 0 Å². The third-order valence-electron chi connectivity index (χ3n) is 4.68. The van der Waals surface area contributed by atoms with E-state index < -0.39 is 0 Å². The fourth-order valence-corrected chi connectivity index (χ4v) is 3.16. The Morgan fingerprint density at radius 2 is 1.74 bits per heavy atom. The quantitative estimate of drug-likeness (QED) is 0.611. The lowest BCUT2D eigenvalue weighted by atomic mass is 9.87. The molecule has 0 aliphatic rings. The van der Waals surface area contributed by atoms with Crippen molar-refractivity contribution in [3.05, 3.63) is 58.7 Å². The monoisotopic (exact) mass is 384 g/mol. The molecule has 0 spiro atoms. The van der Waals surface area contributed by atoms with Gasteiger partial charge in [0.2, 0.25) is 0 Å². The Labute approximate surface area is 165 Å². The molecule has 27 heavy (non-hydrogen) atoms. The highest BCUT2D eigenvalue weighted by Crippen LogP contribution is 2.31. The summed E-state index contributed by atoms with van der Waals surface area (Å²) in [5.74, 6) is 1.47. The van der Waals surface area contributed by atoms with Gasteiger partial charge in [-0.3, -0.25) is 0 Å². The van der Waals surface area contributed by atoms with Crippen LogP contribution >= 0.6 is 11.6 Å². The second kappa shape index (κ2) is 7.24. The molecule has 0 radical (unpaired) electrons. The topological polar surface area (TPSA) is 43.2 Å². The maximum absolute atomic E-state index is 6.17. The Morgan fingerprint density at radius 1 is 1.07 bits per heavy atom. The zero-order chi connectivity index (χ0) is 19.8. The Hall–Kier alpha value is -2.53. The predicted molar refractivity (Wildman–Crippen MR) is 111 cm³/mol. The lowest BCUT2D eigenvalue weighted by Crippen LogP contribution is -2.14. The molecule has 5 nitrogen and oxygen atoms in total. The molecular formula is C21H25ClN4O. The van der Waals surface area contributed by atoms with Crippen molar-refractivity contribution < 1.29 is 4.74 Å². The molecule has 6 heteroatoms. The molecule has 0 saturated heterocycles. The fourth-order valence-electron chi connectivity index (χ4n) is 3.00. The van der Waals surface area contributed by atoms with E-state index >= 15 is 0 Å². The van der Waals surface area contributed by atoms with Gasteiger partial charge in [0.15, 0.2) is 5.82 Å². The molecule has 3 rings (SSSR count). The van der Waals surface area contributed by atoms with Crippen LogP contribution in [0.5, 0.6) is 5.75 Å². The maximum atomic E-state index is 6.17. The van der Waals surface area contributed by atoms with Crippen molar-refractivity contribution in [2.24, 2.45) is 0 Å². The van der Waals surface area contributed by atoms with Gasteiger partial charge in [-0.05, 0) is 48.2 Å². The first kappa shape index (κ1) is 19.2. The van der Waals surface area contributed by atoms with Gasteiger partial charge in [-0.15, -0.1) is 5.10 Å². The van der Waals surface area contributed by atoms with E-state index in [1.807, 2.05) is 31.0 Å². The SMILES string of the molecule is COc1ccc(Cl)cc1-n1nnc(N(C)c2ccc(C(C)(C)C)cc2)c1C. The molecule has 0 unspecified atom stereocenters. The third-order valence-corrected chi connectivity index (χ3v) is 4.91. The van der Waals surface area contributed by atoms with Gasteiger partial charge in [0, 0.05) is 17.8 Å². The van der Waals surface area contributed by atoms with Crippen LogP contribution in [0.25, 0.3) is 5.69 Å². The summed E-state index contributed by atoms with van der Waals surface area (Å²) in [5, 5.41) is 9.33. The van der Waals surface area contributed by atoms with E-state index in [4.69, 9.17) is 16.3 Å². The molecule has 0 amide bonds. The van der Waals surface area contributed by atoms with Crippen LogP contribution in [-0.4, -0.2) is 29.2 Å². The molecule has 1 aromatic heterocycles. The molecule has 2 aromatic carbocycles. The van der Waals surface area contributed by atoms with E-state index in [1.54, 1.807) is 17.9 Å². The smallest absolute Gasteiger partial charge is 0.178 e. The number of nitrogens with zero attached hydrogens (tertiary/aromatic N) is 4. The predicted octanol–water partition coefficient (Wildman–Crippen LogP) is 5.30. The zero-order valence-corrected chi connectivity index (χ0v) is 17.4. The third kappa shape index (κ3) is 3.78. The fraction of sp³-hybridized carbons (Fsp3) is 0.333. The minimum atomic E-state index is 0.124. The Kier molecular flexibility index (Phi) is 5.16. The second-order valence-electron chi connectivity index (χ2n) is 7.58. The average Bonchev–Trinajstić information content (AvgIpc) is 3.01. The van der Waals surface area contributed by atoms with E-state index in [-0.39, 0.29) is 5.41 Å². The van der Waals surface area contributed by atoms with Gasteiger partial charge in [-0.25, -0.2) is 4.68 Å². The van der Waals surface area contributed by atoms with Crippen LogP contribution in [0.2, 0.25) is 5.02 Å². The number of halogens is 1. The molecule has 3 aromatic rings. The molecule has 0 saturated carbocycles. The van der Waals surface area contributed by atoms with E-state index in [0.29, 0.717) is 10.8 Å². The minimum absolute atomic E-state index is 0.124. The van der Waals surface area contributed by atoms with E-state index in [1.165, 1.54) is 5.56 Å². The van der Waals surface area contributed by atoms with Gasteiger partial charge < -0.3 is 9.64 Å². The van der Waals surface area contributed by atoms with E-state index in [9.17, 15) is 0 Å². The van der Waals surface area contributed by atoms with Gasteiger partial charge in [-0.2, -0.15) is 0 Å². The van der Waals surface area contributed by atoms with Crippen molar-refractivity contribution in [1.82, 2.24) is 15.0 Å². The summed E-state index contributed by atoms with van der Waals surface area (Å²) in [7, 11) is 3.62. The van der Waals surface area contributed by atoms with Crippen LogP contribution in [0.3, 0.4) is 0 Å². The van der Waals surface area contributed by atoms with Gasteiger partial charge in [-0.1, -0.05) is 49.7 Å². The highest BCUT2D eigenvalue weighted by molar-refractivity contribution is 6.30. The lowest BCUT2D eigenvalue weighted by Gasteiger charge is -2.22. The van der Waals surface area contributed by atoms with Gasteiger partial charge in [0.05, 0.1) is 12.8 Å². The largest absolute Gasteiger partial charge is 0.494 e. The number of hydrogen-bond acceptors (Lipinski definition) is 4. The Bertz CT molecular complexity index is 942.